The van der Waals surface area contributed by atoms with Crippen LogP contribution < -0.4 is 15.6 Å². The molecule has 0 unspecified atom stereocenters. The van der Waals surface area contributed by atoms with Crippen molar-refractivity contribution in [1.29, 1.82) is 0 Å². The Balaban J connectivity index is 1.77. The normalized spacial score (nSPS) is 10.7. The highest BCUT2D eigenvalue weighted by molar-refractivity contribution is 5.90. The number of fused-ring (bicyclic) bond motifs is 1. The monoisotopic (exact) mass is 314 g/mol. The van der Waals surface area contributed by atoms with Crippen LogP contribution >= 0.6 is 0 Å². The zero-order valence-corrected chi connectivity index (χ0v) is 12.6. The Morgan fingerprint density at radius 3 is 2.83 bits per heavy atom. The molecule has 0 aliphatic rings. The van der Waals surface area contributed by atoms with Crippen molar-refractivity contribution in [2.45, 2.75) is 6.54 Å². The van der Waals surface area contributed by atoms with Gasteiger partial charge in [-0.15, -0.1) is 0 Å². The van der Waals surface area contributed by atoms with Gasteiger partial charge in [-0.3, -0.25) is 18.8 Å². The summed E-state index contributed by atoms with van der Waals surface area (Å²) >= 11 is 0. The van der Waals surface area contributed by atoms with Gasteiger partial charge in [-0.25, -0.2) is 9.97 Å². The minimum absolute atomic E-state index is 0.150. The Morgan fingerprint density at radius 2 is 2.13 bits per heavy atom. The molecular formula is C14H14N6O3. The Morgan fingerprint density at radius 1 is 1.30 bits per heavy atom. The maximum atomic E-state index is 12.3. The van der Waals surface area contributed by atoms with E-state index in [4.69, 9.17) is 4.74 Å². The lowest BCUT2D eigenvalue weighted by molar-refractivity contribution is -0.116. The van der Waals surface area contributed by atoms with Crippen molar-refractivity contribution in [3.05, 3.63) is 41.2 Å². The summed E-state index contributed by atoms with van der Waals surface area (Å²) in [5, 5.41) is 7.01. The molecule has 0 spiro atoms. The summed E-state index contributed by atoms with van der Waals surface area (Å²) in [5.41, 5.74) is 0.677. The van der Waals surface area contributed by atoms with Crippen LogP contribution in [-0.4, -0.2) is 37.3 Å². The molecule has 0 bridgehead atoms. The van der Waals surface area contributed by atoms with Crippen LogP contribution in [-0.2, 0) is 18.4 Å². The molecule has 3 rings (SSSR count). The molecule has 0 radical (unpaired) electrons. The highest BCUT2D eigenvalue weighted by atomic mass is 16.5. The maximum Gasteiger partial charge on any atom is 0.264 e. The Kier molecular flexibility index (Phi) is 3.75. The van der Waals surface area contributed by atoms with Gasteiger partial charge in [-0.05, 0) is 6.07 Å². The van der Waals surface area contributed by atoms with Crippen molar-refractivity contribution in [2.75, 3.05) is 12.4 Å². The van der Waals surface area contributed by atoms with Crippen molar-refractivity contribution in [2.24, 2.45) is 7.05 Å². The summed E-state index contributed by atoms with van der Waals surface area (Å²) in [4.78, 5) is 32.5. The number of aromatic nitrogens is 5. The SMILES string of the molecule is COc1ccc(NC(=O)Cn2cnc3c(cnn3C)c2=O)cn1. The van der Waals surface area contributed by atoms with Crippen LogP contribution in [0.15, 0.2) is 35.6 Å². The number of anilines is 1. The standard InChI is InChI=1S/C14H14N6O3/c1-19-13-10(6-17-19)14(22)20(8-16-13)7-11(21)18-9-3-4-12(23-2)15-5-9/h3-6,8H,7H2,1-2H3,(H,18,21). The van der Waals surface area contributed by atoms with Gasteiger partial charge in [-0.1, -0.05) is 0 Å². The fourth-order valence-corrected chi connectivity index (χ4v) is 2.11. The molecule has 0 aromatic carbocycles. The molecule has 9 nitrogen and oxygen atoms in total. The van der Waals surface area contributed by atoms with Crippen LogP contribution in [0.25, 0.3) is 11.0 Å². The van der Waals surface area contributed by atoms with Gasteiger partial charge in [0, 0.05) is 13.1 Å². The predicted molar refractivity (Wildman–Crippen MR) is 82.2 cm³/mol. The van der Waals surface area contributed by atoms with Crippen LogP contribution in [0.5, 0.6) is 5.88 Å². The smallest absolute Gasteiger partial charge is 0.264 e. The number of aryl methyl sites for hydroxylation is 1. The number of carbonyl (C=O) groups is 1. The van der Waals surface area contributed by atoms with Gasteiger partial charge in [0.2, 0.25) is 11.8 Å². The maximum absolute atomic E-state index is 12.3. The fraction of sp³-hybridized carbons (Fsp3) is 0.214. The van der Waals surface area contributed by atoms with Gasteiger partial charge in [0.25, 0.3) is 5.56 Å². The van der Waals surface area contributed by atoms with Gasteiger partial charge in [-0.2, -0.15) is 5.10 Å². The van der Waals surface area contributed by atoms with Gasteiger partial charge >= 0.3 is 0 Å². The highest BCUT2D eigenvalue weighted by Gasteiger charge is 2.11. The number of ether oxygens (including phenoxy) is 1. The minimum Gasteiger partial charge on any atom is -0.481 e. The molecule has 0 fully saturated rings. The van der Waals surface area contributed by atoms with Gasteiger partial charge in [0.15, 0.2) is 5.65 Å². The highest BCUT2D eigenvalue weighted by Crippen LogP contribution is 2.11. The van der Waals surface area contributed by atoms with Crippen LogP contribution in [0.4, 0.5) is 5.69 Å². The Labute approximate surface area is 130 Å². The summed E-state index contributed by atoms with van der Waals surface area (Å²) in [7, 11) is 3.21. The van der Waals surface area contributed by atoms with E-state index >= 15 is 0 Å². The Hall–Kier alpha value is -3.23. The average molecular weight is 314 g/mol. The topological polar surface area (TPSA) is 104 Å². The van der Waals surface area contributed by atoms with Crippen molar-refractivity contribution in [3.63, 3.8) is 0 Å². The number of pyridine rings is 1. The minimum atomic E-state index is -0.357. The first-order valence-corrected chi connectivity index (χ1v) is 6.75. The molecule has 23 heavy (non-hydrogen) atoms. The summed E-state index contributed by atoms with van der Waals surface area (Å²) in [5.74, 6) is 0.0922. The van der Waals surface area contributed by atoms with E-state index in [9.17, 15) is 9.59 Å². The van der Waals surface area contributed by atoms with E-state index in [-0.39, 0.29) is 18.0 Å². The average Bonchev–Trinajstić information content (AvgIpc) is 2.93. The van der Waals surface area contributed by atoms with Crippen molar-refractivity contribution in [1.82, 2.24) is 24.3 Å². The first kappa shape index (κ1) is 14.7. The number of hydrogen-bond donors (Lipinski definition) is 1. The summed E-state index contributed by atoms with van der Waals surface area (Å²) < 4.78 is 7.68. The van der Waals surface area contributed by atoms with Gasteiger partial charge in [0.1, 0.15) is 18.3 Å². The number of rotatable bonds is 4. The fourth-order valence-electron chi connectivity index (χ4n) is 2.11. The molecule has 0 aliphatic heterocycles. The molecule has 0 saturated carbocycles. The number of carbonyl (C=O) groups excluding carboxylic acids is 1. The zero-order chi connectivity index (χ0) is 16.4. The van der Waals surface area contributed by atoms with Crippen LogP contribution in [0.2, 0.25) is 0 Å². The third-order valence-corrected chi connectivity index (χ3v) is 3.26. The third kappa shape index (κ3) is 2.89. The second-order valence-corrected chi connectivity index (χ2v) is 4.82. The van der Waals surface area contributed by atoms with Crippen LogP contribution in [0, 0.1) is 0 Å². The molecule has 1 N–H and O–H groups in total. The summed E-state index contributed by atoms with van der Waals surface area (Å²) in [6.07, 6.45) is 4.24. The Bertz CT molecular complexity index is 912. The van der Waals surface area contributed by atoms with E-state index in [1.54, 1.807) is 19.2 Å². The molecule has 9 heteroatoms. The first-order valence-electron chi connectivity index (χ1n) is 6.75. The second-order valence-electron chi connectivity index (χ2n) is 4.82. The quantitative estimate of drug-likeness (QED) is 0.736. The predicted octanol–water partition coefficient (Wildman–Crippen LogP) is 0.172. The summed E-state index contributed by atoms with van der Waals surface area (Å²) in [6, 6.07) is 3.29. The number of methoxy groups -OCH3 is 1. The van der Waals surface area contributed by atoms with E-state index in [1.807, 2.05) is 0 Å². The van der Waals surface area contributed by atoms with E-state index < -0.39 is 0 Å². The molecule has 3 aromatic heterocycles. The van der Waals surface area contributed by atoms with Crippen LogP contribution in [0.3, 0.4) is 0 Å². The molecule has 0 aliphatic carbocycles. The molecule has 1 amide bonds. The van der Waals surface area contributed by atoms with Crippen LogP contribution in [0.1, 0.15) is 0 Å². The zero-order valence-electron chi connectivity index (χ0n) is 12.6. The largest absolute Gasteiger partial charge is 0.481 e. The number of hydrogen-bond acceptors (Lipinski definition) is 6. The summed E-state index contributed by atoms with van der Waals surface area (Å²) in [6.45, 7) is -0.150. The van der Waals surface area contributed by atoms with Gasteiger partial charge < -0.3 is 10.1 Å². The van der Waals surface area contributed by atoms with Crippen molar-refractivity contribution < 1.29 is 9.53 Å². The number of nitrogens with one attached hydrogen (secondary N) is 1. The van der Waals surface area contributed by atoms with E-state index in [0.717, 1.165) is 0 Å². The first-order chi connectivity index (χ1) is 11.1. The van der Waals surface area contributed by atoms with E-state index in [2.05, 4.69) is 20.4 Å². The molecule has 118 valence electrons. The number of nitrogens with zero attached hydrogens (tertiary/aromatic N) is 5. The second kappa shape index (κ2) is 5.87. The van der Waals surface area contributed by atoms with Gasteiger partial charge in [0.05, 0.1) is 25.2 Å². The molecular weight excluding hydrogens is 300 g/mol. The lowest BCUT2D eigenvalue weighted by atomic mass is 10.4. The molecule has 0 saturated heterocycles. The molecule has 3 heterocycles. The molecule has 3 aromatic rings. The number of amides is 1. The third-order valence-electron chi connectivity index (χ3n) is 3.26. The molecule has 0 atom stereocenters. The van der Waals surface area contributed by atoms with E-state index in [1.165, 1.54) is 35.1 Å². The lowest BCUT2D eigenvalue weighted by Gasteiger charge is -2.07. The lowest BCUT2D eigenvalue weighted by Crippen LogP contribution is -2.27. The van der Waals surface area contributed by atoms with Crippen molar-refractivity contribution in [3.8, 4) is 5.88 Å². The van der Waals surface area contributed by atoms with Crippen molar-refractivity contribution >= 4 is 22.6 Å². The van der Waals surface area contributed by atoms with E-state index in [0.29, 0.717) is 22.6 Å².